The van der Waals surface area contributed by atoms with Crippen LogP contribution in [0.2, 0.25) is 0 Å². The maximum atomic E-state index is 11.1. The molecule has 1 atom stereocenters. The van der Waals surface area contributed by atoms with Gasteiger partial charge in [-0.2, -0.15) is 0 Å². The van der Waals surface area contributed by atoms with Gasteiger partial charge in [0, 0.05) is 13.5 Å². The first-order valence-corrected chi connectivity index (χ1v) is 7.35. The van der Waals surface area contributed by atoms with Crippen LogP contribution >= 0.6 is 11.8 Å². The van der Waals surface area contributed by atoms with Gasteiger partial charge in [0.1, 0.15) is 12.4 Å². The summed E-state index contributed by atoms with van der Waals surface area (Å²) in [6, 6.07) is 10.2. The van der Waals surface area contributed by atoms with Gasteiger partial charge in [-0.15, -0.1) is 10.2 Å². The zero-order valence-corrected chi connectivity index (χ0v) is 12.0. The lowest BCUT2D eigenvalue weighted by atomic mass is 10.1. The average molecular weight is 289 g/mol. The van der Waals surface area contributed by atoms with Crippen molar-refractivity contribution in [2.75, 3.05) is 6.61 Å². The van der Waals surface area contributed by atoms with Crippen LogP contribution in [0.5, 0.6) is 0 Å². The predicted octanol–water partition coefficient (Wildman–Crippen LogP) is 1.81. The summed E-state index contributed by atoms with van der Waals surface area (Å²) in [5.41, 5.74) is 1.21. The first-order valence-electron chi connectivity index (χ1n) is 6.47. The zero-order valence-electron chi connectivity index (χ0n) is 11.2. The van der Waals surface area contributed by atoms with Gasteiger partial charge in [0.2, 0.25) is 0 Å². The fraction of sp³-hybridized carbons (Fsp3) is 0.357. The smallest absolute Gasteiger partial charge is 0.307 e. The molecule has 2 aromatic rings. The van der Waals surface area contributed by atoms with Gasteiger partial charge in [-0.05, 0) is 5.56 Å². The van der Waals surface area contributed by atoms with Crippen molar-refractivity contribution >= 4 is 17.7 Å². The Morgan fingerprint density at radius 3 is 2.85 bits per heavy atom. The number of carbonyl (C=O) groups excluding carboxylic acids is 1. The Labute approximate surface area is 121 Å². The van der Waals surface area contributed by atoms with E-state index in [0.29, 0.717) is 13.0 Å². The molecule has 0 aliphatic carbocycles. The summed E-state index contributed by atoms with van der Waals surface area (Å²) in [5.74, 6) is 0.790. The Hall–Kier alpha value is -1.82. The fourth-order valence-electron chi connectivity index (χ4n) is 2.09. The van der Waals surface area contributed by atoms with Crippen molar-refractivity contribution in [1.82, 2.24) is 14.8 Å². The SMILES string of the molecule is Cn1c(Cc2ccccc2)nnc1S[C@H]1COC(=O)C1. The van der Waals surface area contributed by atoms with Crippen molar-refractivity contribution in [3.63, 3.8) is 0 Å². The van der Waals surface area contributed by atoms with E-state index in [1.807, 2.05) is 29.8 Å². The third-order valence-corrected chi connectivity index (χ3v) is 4.43. The van der Waals surface area contributed by atoms with Crippen molar-refractivity contribution in [2.24, 2.45) is 7.05 Å². The molecule has 1 aliphatic heterocycles. The van der Waals surface area contributed by atoms with Crippen LogP contribution in [0.1, 0.15) is 17.8 Å². The molecule has 0 N–H and O–H groups in total. The first-order chi connectivity index (χ1) is 9.72. The van der Waals surface area contributed by atoms with Gasteiger partial charge >= 0.3 is 5.97 Å². The van der Waals surface area contributed by atoms with Gasteiger partial charge in [0.25, 0.3) is 0 Å². The number of hydrogen-bond acceptors (Lipinski definition) is 5. The highest BCUT2D eigenvalue weighted by molar-refractivity contribution is 7.99. The van der Waals surface area contributed by atoms with Crippen LogP contribution in [0.3, 0.4) is 0 Å². The maximum absolute atomic E-state index is 11.1. The number of thioether (sulfide) groups is 1. The molecular formula is C14H15N3O2S. The van der Waals surface area contributed by atoms with Crippen LogP contribution in [0, 0.1) is 0 Å². The standard InChI is InChI=1S/C14H15N3O2S/c1-17-12(7-10-5-3-2-4-6-10)15-16-14(17)20-11-8-13(18)19-9-11/h2-6,11H,7-9H2,1H3/t11-/m1/s1. The van der Waals surface area contributed by atoms with Crippen LogP contribution in [-0.4, -0.2) is 32.6 Å². The van der Waals surface area contributed by atoms with E-state index in [2.05, 4.69) is 22.3 Å². The summed E-state index contributed by atoms with van der Waals surface area (Å²) in [4.78, 5) is 11.1. The second kappa shape index (κ2) is 5.66. The van der Waals surface area contributed by atoms with Gasteiger partial charge in [-0.1, -0.05) is 42.1 Å². The molecule has 1 fully saturated rings. The number of nitrogens with zero attached hydrogens (tertiary/aromatic N) is 3. The number of cyclic esters (lactones) is 1. The summed E-state index contributed by atoms with van der Waals surface area (Å²) >= 11 is 1.56. The minimum absolute atomic E-state index is 0.130. The molecule has 0 radical (unpaired) electrons. The van der Waals surface area contributed by atoms with E-state index in [0.717, 1.165) is 17.4 Å². The van der Waals surface area contributed by atoms with Crippen molar-refractivity contribution in [1.29, 1.82) is 0 Å². The molecule has 0 unspecified atom stereocenters. The van der Waals surface area contributed by atoms with E-state index in [-0.39, 0.29) is 11.2 Å². The fourth-order valence-corrected chi connectivity index (χ4v) is 3.10. The van der Waals surface area contributed by atoms with Gasteiger partial charge in [0.15, 0.2) is 5.16 Å². The molecule has 20 heavy (non-hydrogen) atoms. The summed E-state index contributed by atoms with van der Waals surface area (Å²) in [5, 5.41) is 9.43. The van der Waals surface area contributed by atoms with Gasteiger partial charge in [0.05, 0.1) is 11.7 Å². The monoisotopic (exact) mass is 289 g/mol. The number of carbonyl (C=O) groups is 1. The number of benzene rings is 1. The van der Waals surface area contributed by atoms with Gasteiger partial charge < -0.3 is 9.30 Å². The van der Waals surface area contributed by atoms with Gasteiger partial charge in [-0.25, -0.2) is 0 Å². The third-order valence-electron chi connectivity index (χ3n) is 3.23. The average Bonchev–Trinajstić information content (AvgIpc) is 3.01. The summed E-state index contributed by atoms with van der Waals surface area (Å²) in [6.07, 6.45) is 1.20. The largest absolute Gasteiger partial charge is 0.464 e. The summed E-state index contributed by atoms with van der Waals surface area (Å²) < 4.78 is 6.95. The Morgan fingerprint density at radius 2 is 2.15 bits per heavy atom. The molecule has 1 saturated heterocycles. The van der Waals surface area contributed by atoms with Crippen LogP contribution in [0.25, 0.3) is 0 Å². The second-order valence-corrected chi connectivity index (χ2v) is 6.01. The maximum Gasteiger partial charge on any atom is 0.307 e. The van der Waals surface area contributed by atoms with E-state index < -0.39 is 0 Å². The van der Waals surface area contributed by atoms with Crippen LogP contribution in [-0.2, 0) is 23.0 Å². The molecule has 104 valence electrons. The Kier molecular flexibility index (Phi) is 3.73. The molecule has 2 heterocycles. The molecule has 0 spiro atoms. The van der Waals surface area contributed by atoms with Crippen LogP contribution in [0.4, 0.5) is 0 Å². The lowest BCUT2D eigenvalue weighted by Crippen LogP contribution is -2.05. The minimum atomic E-state index is -0.130. The number of aromatic nitrogens is 3. The molecule has 3 rings (SSSR count). The Morgan fingerprint density at radius 1 is 1.35 bits per heavy atom. The number of esters is 1. The van der Waals surface area contributed by atoms with E-state index in [4.69, 9.17) is 4.74 Å². The Balaban J connectivity index is 1.70. The van der Waals surface area contributed by atoms with E-state index in [1.165, 1.54) is 5.56 Å². The Bertz CT molecular complexity index is 612. The zero-order chi connectivity index (χ0) is 13.9. The number of hydrogen-bond donors (Lipinski definition) is 0. The molecule has 1 aliphatic rings. The molecule has 0 amide bonds. The molecular weight excluding hydrogens is 274 g/mol. The summed E-state index contributed by atoms with van der Waals surface area (Å²) in [6.45, 7) is 0.463. The van der Waals surface area contributed by atoms with Crippen molar-refractivity contribution in [3.8, 4) is 0 Å². The highest BCUT2D eigenvalue weighted by Crippen LogP contribution is 2.28. The second-order valence-electron chi connectivity index (χ2n) is 4.75. The minimum Gasteiger partial charge on any atom is -0.464 e. The molecule has 1 aromatic carbocycles. The van der Waals surface area contributed by atoms with Crippen LogP contribution in [0.15, 0.2) is 35.5 Å². The van der Waals surface area contributed by atoms with Crippen LogP contribution < -0.4 is 0 Å². The van der Waals surface area contributed by atoms with Crippen molar-refractivity contribution in [2.45, 2.75) is 23.2 Å². The van der Waals surface area contributed by atoms with E-state index in [1.54, 1.807) is 11.8 Å². The highest BCUT2D eigenvalue weighted by Gasteiger charge is 2.26. The molecule has 0 bridgehead atoms. The highest BCUT2D eigenvalue weighted by atomic mass is 32.2. The summed E-state index contributed by atoms with van der Waals surface area (Å²) in [7, 11) is 1.96. The van der Waals surface area contributed by atoms with E-state index in [9.17, 15) is 4.79 Å². The van der Waals surface area contributed by atoms with Crippen molar-refractivity contribution < 1.29 is 9.53 Å². The molecule has 1 aromatic heterocycles. The predicted molar refractivity (Wildman–Crippen MR) is 75.5 cm³/mol. The van der Waals surface area contributed by atoms with E-state index >= 15 is 0 Å². The molecule has 5 nitrogen and oxygen atoms in total. The number of rotatable bonds is 4. The van der Waals surface area contributed by atoms with Gasteiger partial charge in [-0.3, -0.25) is 4.79 Å². The lowest BCUT2D eigenvalue weighted by molar-refractivity contribution is -0.137. The normalized spacial score (nSPS) is 18.2. The topological polar surface area (TPSA) is 57.0 Å². The first kappa shape index (κ1) is 13.2. The quantitative estimate of drug-likeness (QED) is 0.804. The lowest BCUT2D eigenvalue weighted by Gasteiger charge is -2.06. The molecule has 0 saturated carbocycles. The third kappa shape index (κ3) is 2.85. The number of ether oxygens (including phenoxy) is 1. The van der Waals surface area contributed by atoms with Crippen molar-refractivity contribution in [3.05, 3.63) is 41.7 Å². The molecule has 6 heteroatoms.